The number of halogens is 1. The van der Waals surface area contributed by atoms with E-state index in [-0.39, 0.29) is 16.9 Å². The average Bonchev–Trinajstić information content (AvgIpc) is 2.98. The zero-order valence-corrected chi connectivity index (χ0v) is 14.7. The number of sulfone groups is 1. The van der Waals surface area contributed by atoms with Crippen LogP contribution in [0.25, 0.3) is 22.2 Å². The van der Waals surface area contributed by atoms with Gasteiger partial charge in [-0.25, -0.2) is 8.42 Å². The van der Waals surface area contributed by atoms with Crippen molar-refractivity contribution >= 4 is 38.4 Å². The zero-order valence-electron chi connectivity index (χ0n) is 13.1. The van der Waals surface area contributed by atoms with Crippen molar-refractivity contribution in [3.05, 3.63) is 47.5 Å². The lowest BCUT2D eigenvalue weighted by Crippen LogP contribution is -2.29. The predicted molar refractivity (Wildman–Crippen MR) is 93.4 cm³/mol. The van der Waals surface area contributed by atoms with Crippen LogP contribution < -0.4 is 0 Å². The molecule has 8 heteroatoms. The number of hydrogen-bond acceptors (Lipinski definition) is 5. The normalized spacial score (nSPS) is 13.0. The Kier molecular flexibility index (Phi) is 4.53. The number of carbonyl (C=O) groups is 1. The second kappa shape index (κ2) is 6.50. The van der Waals surface area contributed by atoms with Crippen LogP contribution in [0.3, 0.4) is 0 Å². The van der Waals surface area contributed by atoms with Crippen LogP contribution >= 0.6 is 11.6 Å². The molecule has 1 atom stereocenters. The Morgan fingerprint density at radius 3 is 2.52 bits per heavy atom. The highest BCUT2D eigenvalue weighted by molar-refractivity contribution is 7.92. The van der Waals surface area contributed by atoms with Crippen molar-refractivity contribution in [2.45, 2.75) is 23.5 Å². The summed E-state index contributed by atoms with van der Waals surface area (Å²) in [6, 6.07) is 11.2. The van der Waals surface area contributed by atoms with E-state index in [1.165, 1.54) is 19.1 Å². The van der Waals surface area contributed by atoms with Gasteiger partial charge >= 0.3 is 5.97 Å². The topological polar surface area (TPSA) is 97.5 Å². The van der Waals surface area contributed by atoms with E-state index in [0.29, 0.717) is 16.1 Å². The third kappa shape index (κ3) is 3.12. The van der Waals surface area contributed by atoms with Gasteiger partial charge in [0.05, 0.1) is 4.90 Å². The molecule has 1 unspecified atom stereocenters. The van der Waals surface area contributed by atoms with Crippen molar-refractivity contribution in [2.75, 3.05) is 0 Å². The minimum Gasteiger partial charge on any atom is -0.480 e. The minimum absolute atomic E-state index is 0.0257. The first-order valence-electron chi connectivity index (χ1n) is 7.46. The molecule has 25 heavy (non-hydrogen) atoms. The van der Waals surface area contributed by atoms with Gasteiger partial charge in [0, 0.05) is 22.0 Å². The molecule has 0 saturated heterocycles. The molecule has 0 aliphatic rings. The molecule has 0 fully saturated rings. The molecule has 0 amide bonds. The van der Waals surface area contributed by atoms with E-state index >= 15 is 0 Å². The fourth-order valence-electron chi connectivity index (χ4n) is 2.60. The van der Waals surface area contributed by atoms with Gasteiger partial charge in [-0.3, -0.25) is 4.79 Å². The van der Waals surface area contributed by atoms with Crippen LogP contribution in [0.1, 0.15) is 13.3 Å². The highest BCUT2D eigenvalue weighted by Crippen LogP contribution is 2.31. The van der Waals surface area contributed by atoms with E-state index in [0.717, 1.165) is 5.56 Å². The largest absolute Gasteiger partial charge is 0.480 e. The van der Waals surface area contributed by atoms with Crippen molar-refractivity contribution < 1.29 is 22.8 Å². The van der Waals surface area contributed by atoms with Crippen LogP contribution in [0, 0.1) is 0 Å². The highest BCUT2D eigenvalue weighted by Gasteiger charge is 2.32. The van der Waals surface area contributed by atoms with Crippen LogP contribution in [0.2, 0.25) is 5.02 Å². The van der Waals surface area contributed by atoms with E-state index in [2.05, 4.69) is 5.16 Å². The predicted octanol–water partition coefficient (Wildman–Crippen LogP) is 3.79. The summed E-state index contributed by atoms with van der Waals surface area (Å²) >= 11 is 5.87. The smallest absolute Gasteiger partial charge is 0.322 e. The number of aromatic nitrogens is 1. The van der Waals surface area contributed by atoms with Crippen molar-refractivity contribution in [1.82, 2.24) is 5.16 Å². The number of hydrogen-bond donors (Lipinski definition) is 1. The first kappa shape index (κ1) is 17.4. The Labute approximate surface area is 148 Å². The molecule has 2 aromatic carbocycles. The van der Waals surface area contributed by atoms with Gasteiger partial charge in [0.2, 0.25) is 0 Å². The van der Waals surface area contributed by atoms with E-state index in [1.807, 2.05) is 0 Å². The molecule has 130 valence electrons. The highest BCUT2D eigenvalue weighted by atomic mass is 35.5. The number of rotatable bonds is 5. The molecular formula is C17H14ClNO5S. The maximum absolute atomic E-state index is 12.5. The van der Waals surface area contributed by atoms with Gasteiger partial charge in [-0.1, -0.05) is 35.8 Å². The quantitative estimate of drug-likeness (QED) is 0.724. The monoisotopic (exact) mass is 379 g/mol. The van der Waals surface area contributed by atoms with Gasteiger partial charge < -0.3 is 9.63 Å². The fourth-order valence-corrected chi connectivity index (χ4v) is 4.29. The van der Waals surface area contributed by atoms with E-state index in [4.69, 9.17) is 21.2 Å². The lowest BCUT2D eigenvalue weighted by atomic mass is 10.1. The van der Waals surface area contributed by atoms with Gasteiger partial charge in [0.1, 0.15) is 5.69 Å². The SMILES string of the molecule is CCC(C(=O)O)S(=O)(=O)c1ccc2c(-c3ccc(Cl)cc3)noc2c1. The number of fused-ring (bicyclic) bond motifs is 1. The zero-order chi connectivity index (χ0) is 18.2. The van der Waals surface area contributed by atoms with Gasteiger partial charge in [0.15, 0.2) is 20.7 Å². The summed E-state index contributed by atoms with van der Waals surface area (Å²) in [5, 5.41) is 12.8. The van der Waals surface area contributed by atoms with Crippen LogP contribution in [0.5, 0.6) is 0 Å². The summed E-state index contributed by atoms with van der Waals surface area (Å²) in [4.78, 5) is 11.1. The van der Waals surface area contributed by atoms with Crippen molar-refractivity contribution in [1.29, 1.82) is 0 Å². The molecule has 1 N–H and O–H groups in total. The number of benzene rings is 2. The molecule has 0 aliphatic carbocycles. The molecule has 0 saturated carbocycles. The van der Waals surface area contributed by atoms with Crippen molar-refractivity contribution in [3.8, 4) is 11.3 Å². The van der Waals surface area contributed by atoms with Gasteiger partial charge in [-0.2, -0.15) is 0 Å². The Hall–Kier alpha value is -2.38. The van der Waals surface area contributed by atoms with Crippen LogP contribution in [-0.2, 0) is 14.6 Å². The third-order valence-corrected chi connectivity index (χ3v) is 6.36. The number of carboxylic acids is 1. The third-order valence-electron chi connectivity index (χ3n) is 3.91. The summed E-state index contributed by atoms with van der Waals surface area (Å²) in [6.45, 7) is 1.52. The summed E-state index contributed by atoms with van der Waals surface area (Å²) in [7, 11) is -4.01. The number of aliphatic carboxylic acids is 1. The first-order valence-corrected chi connectivity index (χ1v) is 9.39. The van der Waals surface area contributed by atoms with Gasteiger partial charge in [-0.15, -0.1) is 0 Å². The molecule has 6 nitrogen and oxygen atoms in total. The standard InChI is InChI=1S/C17H14ClNO5S/c1-2-15(17(20)21)25(22,23)12-7-8-13-14(9-12)24-19-16(13)10-3-5-11(18)6-4-10/h3-9,15H,2H2,1H3,(H,20,21). The molecule has 3 aromatic rings. The molecule has 0 bridgehead atoms. The van der Waals surface area contributed by atoms with Crippen LogP contribution in [-0.4, -0.2) is 29.9 Å². The average molecular weight is 380 g/mol. The van der Waals surface area contributed by atoms with E-state index in [1.54, 1.807) is 30.3 Å². The maximum atomic E-state index is 12.5. The molecule has 0 aliphatic heterocycles. The molecule has 1 heterocycles. The molecule has 3 rings (SSSR count). The summed E-state index contributed by atoms with van der Waals surface area (Å²) in [5.74, 6) is -1.37. The van der Waals surface area contributed by atoms with E-state index < -0.39 is 21.1 Å². The number of nitrogens with zero attached hydrogens (tertiary/aromatic N) is 1. The molecular weight excluding hydrogens is 366 g/mol. The lowest BCUT2D eigenvalue weighted by Gasteiger charge is -2.11. The second-order valence-electron chi connectivity index (χ2n) is 5.48. The van der Waals surface area contributed by atoms with Crippen LogP contribution in [0.15, 0.2) is 51.9 Å². The van der Waals surface area contributed by atoms with Gasteiger partial charge in [0.25, 0.3) is 0 Å². The summed E-state index contributed by atoms with van der Waals surface area (Å²) in [6.07, 6.45) is -0.0257. The Bertz CT molecular complexity index is 1040. The van der Waals surface area contributed by atoms with E-state index in [9.17, 15) is 13.2 Å². The second-order valence-corrected chi connectivity index (χ2v) is 8.04. The minimum atomic E-state index is -4.01. The van der Waals surface area contributed by atoms with Crippen molar-refractivity contribution in [3.63, 3.8) is 0 Å². The Morgan fingerprint density at radius 1 is 1.24 bits per heavy atom. The van der Waals surface area contributed by atoms with Crippen LogP contribution in [0.4, 0.5) is 0 Å². The fraction of sp³-hybridized carbons (Fsp3) is 0.176. The molecule has 1 aromatic heterocycles. The van der Waals surface area contributed by atoms with Crippen molar-refractivity contribution in [2.24, 2.45) is 0 Å². The summed E-state index contributed by atoms with van der Waals surface area (Å²) in [5.41, 5.74) is 1.60. The first-order chi connectivity index (χ1) is 11.8. The summed E-state index contributed by atoms with van der Waals surface area (Å²) < 4.78 is 30.3. The molecule has 0 spiro atoms. The molecule has 0 radical (unpaired) electrons. The Morgan fingerprint density at radius 2 is 1.92 bits per heavy atom. The van der Waals surface area contributed by atoms with Gasteiger partial charge in [-0.05, 0) is 30.7 Å². The maximum Gasteiger partial charge on any atom is 0.322 e. The number of carboxylic acid groups (broad SMARTS) is 1. The lowest BCUT2D eigenvalue weighted by molar-refractivity contribution is -0.136. The Balaban J connectivity index is 2.08.